The standard InChI is InChI=1S/C11H12N2OS/c1-14-10-7-13-9(5-8(10)6-12)11-3-2-4-15-11/h2-5,7H,6,12H2,1H3. The zero-order chi connectivity index (χ0) is 10.7. The summed E-state index contributed by atoms with van der Waals surface area (Å²) in [6.45, 7) is 0.462. The van der Waals surface area contributed by atoms with Crippen LogP contribution >= 0.6 is 11.3 Å². The molecule has 2 aromatic rings. The van der Waals surface area contributed by atoms with Gasteiger partial charge in [0.15, 0.2) is 0 Å². The molecule has 2 rings (SSSR count). The molecule has 0 fully saturated rings. The minimum atomic E-state index is 0.462. The van der Waals surface area contributed by atoms with E-state index in [1.54, 1.807) is 24.6 Å². The van der Waals surface area contributed by atoms with Crippen molar-refractivity contribution in [2.45, 2.75) is 6.54 Å². The van der Waals surface area contributed by atoms with Crippen molar-refractivity contribution < 1.29 is 4.74 Å². The van der Waals surface area contributed by atoms with E-state index in [2.05, 4.69) is 4.98 Å². The molecule has 78 valence electrons. The van der Waals surface area contributed by atoms with Gasteiger partial charge in [-0.15, -0.1) is 11.3 Å². The van der Waals surface area contributed by atoms with Gasteiger partial charge in [-0.3, -0.25) is 4.98 Å². The molecule has 0 radical (unpaired) electrons. The van der Waals surface area contributed by atoms with Crippen molar-refractivity contribution in [1.29, 1.82) is 0 Å². The molecule has 0 aromatic carbocycles. The van der Waals surface area contributed by atoms with Crippen molar-refractivity contribution in [1.82, 2.24) is 4.98 Å². The van der Waals surface area contributed by atoms with Gasteiger partial charge in [-0.05, 0) is 17.5 Å². The molecule has 0 atom stereocenters. The second-order valence-electron chi connectivity index (χ2n) is 3.06. The van der Waals surface area contributed by atoms with E-state index in [1.807, 2.05) is 23.6 Å². The Morgan fingerprint density at radius 2 is 2.40 bits per heavy atom. The Bertz CT molecular complexity index is 440. The van der Waals surface area contributed by atoms with Crippen molar-refractivity contribution in [2.75, 3.05) is 7.11 Å². The molecule has 0 bridgehead atoms. The summed E-state index contributed by atoms with van der Waals surface area (Å²) < 4.78 is 5.17. The number of rotatable bonds is 3. The summed E-state index contributed by atoms with van der Waals surface area (Å²) in [5.74, 6) is 0.748. The molecule has 0 spiro atoms. The molecule has 3 nitrogen and oxygen atoms in total. The van der Waals surface area contributed by atoms with Gasteiger partial charge in [0, 0.05) is 12.1 Å². The lowest BCUT2D eigenvalue weighted by molar-refractivity contribution is 0.408. The summed E-state index contributed by atoms with van der Waals surface area (Å²) in [5.41, 5.74) is 7.58. The highest BCUT2D eigenvalue weighted by atomic mass is 32.1. The van der Waals surface area contributed by atoms with Gasteiger partial charge in [0.25, 0.3) is 0 Å². The Labute approximate surface area is 92.5 Å². The van der Waals surface area contributed by atoms with Crippen LogP contribution in [-0.4, -0.2) is 12.1 Å². The maximum absolute atomic E-state index is 5.64. The van der Waals surface area contributed by atoms with E-state index in [-0.39, 0.29) is 0 Å². The van der Waals surface area contributed by atoms with Crippen LogP contribution < -0.4 is 10.5 Å². The van der Waals surface area contributed by atoms with E-state index in [0.29, 0.717) is 6.54 Å². The Hall–Kier alpha value is -1.39. The third-order valence-electron chi connectivity index (χ3n) is 2.16. The van der Waals surface area contributed by atoms with E-state index in [9.17, 15) is 0 Å². The normalized spacial score (nSPS) is 10.3. The first-order valence-corrected chi connectivity index (χ1v) is 5.50. The van der Waals surface area contributed by atoms with E-state index in [1.165, 1.54) is 0 Å². The molecule has 2 aromatic heterocycles. The van der Waals surface area contributed by atoms with Crippen molar-refractivity contribution in [3.63, 3.8) is 0 Å². The fraction of sp³-hybridized carbons (Fsp3) is 0.182. The largest absolute Gasteiger partial charge is 0.495 e. The number of hydrogen-bond acceptors (Lipinski definition) is 4. The minimum Gasteiger partial charge on any atom is -0.495 e. The molecule has 2 N–H and O–H groups in total. The lowest BCUT2D eigenvalue weighted by atomic mass is 10.2. The number of hydrogen-bond donors (Lipinski definition) is 1. The Morgan fingerprint density at radius 3 is 3.00 bits per heavy atom. The number of pyridine rings is 1. The first-order chi connectivity index (χ1) is 7.35. The first-order valence-electron chi connectivity index (χ1n) is 4.62. The highest BCUT2D eigenvalue weighted by Crippen LogP contribution is 2.26. The van der Waals surface area contributed by atoms with Crippen LogP contribution in [0.3, 0.4) is 0 Å². The van der Waals surface area contributed by atoms with Crippen LogP contribution in [0.25, 0.3) is 10.6 Å². The minimum absolute atomic E-state index is 0.462. The molecule has 2 heterocycles. The third-order valence-corrected chi connectivity index (χ3v) is 3.05. The summed E-state index contributed by atoms with van der Waals surface area (Å²) in [6.07, 6.45) is 1.72. The Kier molecular flexibility index (Phi) is 2.99. The maximum atomic E-state index is 5.64. The quantitative estimate of drug-likeness (QED) is 0.863. The predicted octanol–water partition coefficient (Wildman–Crippen LogP) is 2.28. The van der Waals surface area contributed by atoms with Crippen LogP contribution in [0, 0.1) is 0 Å². The number of nitrogens with zero attached hydrogens (tertiary/aromatic N) is 1. The third kappa shape index (κ3) is 2.00. The molecule has 0 aliphatic heterocycles. The predicted molar refractivity (Wildman–Crippen MR) is 62.0 cm³/mol. The fourth-order valence-corrected chi connectivity index (χ4v) is 2.08. The summed E-state index contributed by atoms with van der Waals surface area (Å²) in [6, 6.07) is 6.03. The molecule has 0 aliphatic rings. The lowest BCUT2D eigenvalue weighted by Gasteiger charge is -2.07. The average molecular weight is 220 g/mol. The molecule has 4 heteroatoms. The van der Waals surface area contributed by atoms with Gasteiger partial charge in [0.1, 0.15) is 5.75 Å². The number of aromatic nitrogens is 1. The lowest BCUT2D eigenvalue weighted by Crippen LogP contribution is -2.01. The van der Waals surface area contributed by atoms with E-state index >= 15 is 0 Å². The van der Waals surface area contributed by atoms with Crippen molar-refractivity contribution in [3.05, 3.63) is 35.3 Å². The van der Waals surface area contributed by atoms with Gasteiger partial charge >= 0.3 is 0 Å². The van der Waals surface area contributed by atoms with Crippen LogP contribution in [0.1, 0.15) is 5.56 Å². The fourth-order valence-electron chi connectivity index (χ4n) is 1.39. The number of methoxy groups -OCH3 is 1. The second kappa shape index (κ2) is 4.42. The summed E-state index contributed by atoms with van der Waals surface area (Å²) in [4.78, 5) is 5.48. The van der Waals surface area contributed by atoms with Gasteiger partial charge in [0.2, 0.25) is 0 Å². The van der Waals surface area contributed by atoms with Gasteiger partial charge in [-0.25, -0.2) is 0 Å². The van der Waals surface area contributed by atoms with E-state index in [4.69, 9.17) is 10.5 Å². The number of ether oxygens (including phenoxy) is 1. The van der Waals surface area contributed by atoms with E-state index in [0.717, 1.165) is 21.9 Å². The first kappa shape index (κ1) is 10.1. The maximum Gasteiger partial charge on any atom is 0.141 e. The molecular weight excluding hydrogens is 208 g/mol. The van der Waals surface area contributed by atoms with Crippen molar-refractivity contribution >= 4 is 11.3 Å². The Morgan fingerprint density at radius 1 is 1.53 bits per heavy atom. The van der Waals surface area contributed by atoms with Crippen LogP contribution in [-0.2, 0) is 6.54 Å². The molecule has 0 aliphatic carbocycles. The Balaban J connectivity index is 2.43. The number of thiophene rings is 1. The van der Waals surface area contributed by atoms with Crippen LogP contribution in [0.15, 0.2) is 29.8 Å². The topological polar surface area (TPSA) is 48.1 Å². The SMILES string of the molecule is COc1cnc(-c2cccs2)cc1CN. The summed E-state index contributed by atoms with van der Waals surface area (Å²) in [7, 11) is 1.63. The summed E-state index contributed by atoms with van der Waals surface area (Å²) in [5, 5.41) is 2.03. The van der Waals surface area contributed by atoms with Gasteiger partial charge < -0.3 is 10.5 Å². The average Bonchev–Trinajstić information content (AvgIpc) is 2.81. The van der Waals surface area contributed by atoms with Crippen LogP contribution in [0.2, 0.25) is 0 Å². The van der Waals surface area contributed by atoms with Gasteiger partial charge in [-0.1, -0.05) is 6.07 Å². The second-order valence-corrected chi connectivity index (χ2v) is 4.01. The van der Waals surface area contributed by atoms with Crippen molar-refractivity contribution in [2.24, 2.45) is 5.73 Å². The zero-order valence-electron chi connectivity index (χ0n) is 8.43. The molecule has 0 unspecified atom stereocenters. The smallest absolute Gasteiger partial charge is 0.141 e. The number of nitrogens with two attached hydrogens (primary N) is 1. The molecule has 0 saturated heterocycles. The molecular formula is C11H12N2OS. The molecule has 0 saturated carbocycles. The van der Waals surface area contributed by atoms with Crippen LogP contribution in [0.5, 0.6) is 5.75 Å². The van der Waals surface area contributed by atoms with Gasteiger partial charge in [0.05, 0.1) is 23.9 Å². The van der Waals surface area contributed by atoms with Crippen molar-refractivity contribution in [3.8, 4) is 16.3 Å². The van der Waals surface area contributed by atoms with E-state index < -0.39 is 0 Å². The molecule has 0 amide bonds. The highest BCUT2D eigenvalue weighted by Gasteiger charge is 2.06. The zero-order valence-corrected chi connectivity index (χ0v) is 9.25. The van der Waals surface area contributed by atoms with Gasteiger partial charge in [-0.2, -0.15) is 0 Å². The summed E-state index contributed by atoms with van der Waals surface area (Å²) >= 11 is 1.66. The highest BCUT2D eigenvalue weighted by molar-refractivity contribution is 7.13. The van der Waals surface area contributed by atoms with Crippen LogP contribution in [0.4, 0.5) is 0 Å². The molecule has 15 heavy (non-hydrogen) atoms. The monoisotopic (exact) mass is 220 g/mol.